The van der Waals surface area contributed by atoms with E-state index in [-0.39, 0.29) is 16.6 Å². The van der Waals surface area contributed by atoms with E-state index >= 15 is 0 Å². The number of sulfonamides is 1. The lowest BCUT2D eigenvalue weighted by atomic mass is 10.2. The van der Waals surface area contributed by atoms with Gasteiger partial charge in [0.05, 0.1) is 17.4 Å². The van der Waals surface area contributed by atoms with Gasteiger partial charge in [-0.2, -0.15) is 0 Å². The molecule has 1 heterocycles. The number of primary sulfonamides is 1. The van der Waals surface area contributed by atoms with Crippen LogP contribution in [-0.2, 0) is 10.0 Å². The van der Waals surface area contributed by atoms with Gasteiger partial charge in [-0.25, -0.2) is 13.6 Å². The maximum atomic E-state index is 11.5. The van der Waals surface area contributed by atoms with Crippen molar-refractivity contribution in [3.63, 3.8) is 0 Å². The zero-order valence-corrected chi connectivity index (χ0v) is 12.9. The topological polar surface area (TPSA) is 89.4 Å². The van der Waals surface area contributed by atoms with Crippen molar-refractivity contribution in [3.8, 4) is 0 Å². The summed E-state index contributed by atoms with van der Waals surface area (Å²) < 4.78 is 23.0. The number of nitrogens with zero attached hydrogens (tertiary/aromatic N) is 1. The van der Waals surface area contributed by atoms with Crippen molar-refractivity contribution in [2.75, 3.05) is 17.7 Å². The molecule has 1 unspecified atom stereocenters. The Balaban J connectivity index is 2.43. The van der Waals surface area contributed by atoms with Gasteiger partial charge in [0.15, 0.2) is 0 Å². The standard InChI is InChI=1S/C13H17N3O2S2/c1-9(11-6-4-8-19-11)16(2)10-5-3-7-12(13(10)14)20(15,17)18/h3-9H,14H2,1-2H3,(H2,15,17,18). The second-order valence-corrected chi connectivity index (χ2v) is 7.05. The van der Waals surface area contributed by atoms with Crippen LogP contribution in [0.2, 0.25) is 0 Å². The molecule has 7 heteroatoms. The summed E-state index contributed by atoms with van der Waals surface area (Å²) in [5, 5.41) is 7.18. The van der Waals surface area contributed by atoms with Gasteiger partial charge in [-0.3, -0.25) is 0 Å². The molecule has 5 nitrogen and oxygen atoms in total. The molecule has 1 aromatic carbocycles. The molecule has 4 N–H and O–H groups in total. The zero-order chi connectivity index (χ0) is 14.9. The third-order valence-corrected chi connectivity index (χ3v) is 5.28. The van der Waals surface area contributed by atoms with Gasteiger partial charge in [0, 0.05) is 11.9 Å². The maximum Gasteiger partial charge on any atom is 0.240 e. The van der Waals surface area contributed by atoms with Crippen molar-refractivity contribution in [1.82, 2.24) is 0 Å². The lowest BCUT2D eigenvalue weighted by molar-refractivity contribution is 0.598. The van der Waals surface area contributed by atoms with Gasteiger partial charge in [-0.1, -0.05) is 12.1 Å². The normalized spacial score (nSPS) is 13.2. The van der Waals surface area contributed by atoms with Crippen LogP contribution in [0.3, 0.4) is 0 Å². The van der Waals surface area contributed by atoms with E-state index in [2.05, 4.69) is 0 Å². The van der Waals surface area contributed by atoms with E-state index < -0.39 is 10.0 Å². The lowest BCUT2D eigenvalue weighted by Crippen LogP contribution is -2.23. The van der Waals surface area contributed by atoms with Crippen molar-refractivity contribution in [2.45, 2.75) is 17.9 Å². The van der Waals surface area contributed by atoms with E-state index in [0.29, 0.717) is 5.69 Å². The van der Waals surface area contributed by atoms with E-state index in [0.717, 1.165) is 0 Å². The van der Waals surface area contributed by atoms with E-state index in [1.54, 1.807) is 23.5 Å². The first kappa shape index (κ1) is 14.8. The van der Waals surface area contributed by atoms with Crippen molar-refractivity contribution >= 4 is 32.7 Å². The van der Waals surface area contributed by atoms with Gasteiger partial charge in [0.25, 0.3) is 0 Å². The molecular weight excluding hydrogens is 294 g/mol. The van der Waals surface area contributed by atoms with Crippen molar-refractivity contribution in [1.29, 1.82) is 0 Å². The summed E-state index contributed by atoms with van der Waals surface area (Å²) in [6.45, 7) is 2.04. The number of nitrogens with two attached hydrogens (primary N) is 2. The van der Waals surface area contributed by atoms with E-state index in [1.165, 1.54) is 10.9 Å². The number of rotatable bonds is 4. The zero-order valence-electron chi connectivity index (χ0n) is 11.3. The smallest absolute Gasteiger partial charge is 0.240 e. The first-order valence-corrected chi connectivity index (χ1v) is 8.42. The molecule has 0 bridgehead atoms. The number of benzene rings is 1. The Morgan fingerprint density at radius 2 is 1.95 bits per heavy atom. The summed E-state index contributed by atoms with van der Waals surface area (Å²) in [5.74, 6) is 0. The number of thiophene rings is 1. The third kappa shape index (κ3) is 2.79. The molecule has 0 fully saturated rings. The number of para-hydroxylation sites is 1. The van der Waals surface area contributed by atoms with Crippen LogP contribution in [0.25, 0.3) is 0 Å². The highest BCUT2D eigenvalue weighted by Gasteiger charge is 2.20. The number of hydrogen-bond acceptors (Lipinski definition) is 5. The third-order valence-electron chi connectivity index (χ3n) is 3.27. The molecule has 1 atom stereocenters. The molecule has 20 heavy (non-hydrogen) atoms. The molecule has 0 aliphatic carbocycles. The van der Waals surface area contributed by atoms with E-state index in [9.17, 15) is 8.42 Å². The SMILES string of the molecule is CC(c1cccs1)N(C)c1cccc(S(N)(=O)=O)c1N. The molecule has 0 aliphatic rings. The number of nitrogen functional groups attached to an aromatic ring is 1. The monoisotopic (exact) mass is 311 g/mol. The fourth-order valence-corrected chi connectivity index (χ4v) is 3.52. The molecule has 108 valence electrons. The van der Waals surface area contributed by atoms with Crippen LogP contribution in [-0.4, -0.2) is 15.5 Å². The lowest BCUT2D eigenvalue weighted by Gasteiger charge is -2.28. The minimum absolute atomic E-state index is 0.0415. The number of anilines is 2. The van der Waals surface area contributed by atoms with Crippen LogP contribution in [0.5, 0.6) is 0 Å². The molecule has 0 amide bonds. The molecule has 0 radical (unpaired) electrons. The van der Waals surface area contributed by atoms with E-state index in [4.69, 9.17) is 10.9 Å². The average Bonchev–Trinajstić information content (AvgIpc) is 2.89. The molecular formula is C13H17N3O2S2. The Bertz CT molecular complexity index is 696. The van der Waals surface area contributed by atoms with Crippen LogP contribution in [0, 0.1) is 0 Å². The Kier molecular flexibility index (Phi) is 4.03. The second-order valence-electron chi connectivity index (χ2n) is 4.54. The van der Waals surface area contributed by atoms with Gasteiger partial charge in [0.2, 0.25) is 10.0 Å². The minimum atomic E-state index is -3.82. The van der Waals surface area contributed by atoms with Gasteiger partial charge < -0.3 is 10.6 Å². The first-order valence-electron chi connectivity index (χ1n) is 6.00. The summed E-state index contributed by atoms with van der Waals surface area (Å²) >= 11 is 1.64. The van der Waals surface area contributed by atoms with Crippen LogP contribution in [0.15, 0.2) is 40.6 Å². The maximum absolute atomic E-state index is 11.5. The highest BCUT2D eigenvalue weighted by molar-refractivity contribution is 7.89. The Morgan fingerprint density at radius 1 is 1.25 bits per heavy atom. The summed E-state index contributed by atoms with van der Waals surface area (Å²) in [7, 11) is -1.94. The molecule has 2 rings (SSSR count). The predicted octanol–water partition coefficient (Wildman–Crippen LogP) is 2.18. The summed E-state index contributed by atoms with van der Waals surface area (Å²) in [5.41, 5.74) is 6.80. The van der Waals surface area contributed by atoms with Gasteiger partial charge >= 0.3 is 0 Å². The van der Waals surface area contributed by atoms with Crippen molar-refractivity contribution < 1.29 is 8.42 Å². The van der Waals surface area contributed by atoms with Crippen LogP contribution in [0.1, 0.15) is 17.8 Å². The minimum Gasteiger partial charge on any atom is -0.396 e. The van der Waals surface area contributed by atoms with Gasteiger partial charge in [-0.15, -0.1) is 11.3 Å². The quantitative estimate of drug-likeness (QED) is 0.847. The van der Waals surface area contributed by atoms with Crippen molar-refractivity contribution in [3.05, 3.63) is 40.6 Å². The molecule has 0 saturated carbocycles. The largest absolute Gasteiger partial charge is 0.396 e. The predicted molar refractivity (Wildman–Crippen MR) is 83.4 cm³/mol. The highest BCUT2D eigenvalue weighted by atomic mass is 32.2. The molecule has 0 saturated heterocycles. The van der Waals surface area contributed by atoms with E-state index in [1.807, 2.05) is 36.4 Å². The Hall–Kier alpha value is -1.57. The average molecular weight is 311 g/mol. The summed E-state index contributed by atoms with van der Waals surface area (Å²) in [4.78, 5) is 3.07. The van der Waals surface area contributed by atoms with Crippen molar-refractivity contribution in [2.24, 2.45) is 5.14 Å². The van der Waals surface area contributed by atoms with Crippen LogP contribution >= 0.6 is 11.3 Å². The van der Waals surface area contributed by atoms with Gasteiger partial charge in [0.1, 0.15) is 4.90 Å². The van der Waals surface area contributed by atoms with Crippen LogP contribution < -0.4 is 15.8 Å². The summed E-state index contributed by atoms with van der Waals surface area (Å²) in [6, 6.07) is 8.95. The molecule has 0 aliphatic heterocycles. The summed E-state index contributed by atoms with van der Waals surface area (Å²) in [6.07, 6.45) is 0. The Labute approximate surface area is 122 Å². The highest BCUT2D eigenvalue weighted by Crippen LogP contribution is 2.34. The fraction of sp³-hybridized carbons (Fsp3) is 0.231. The second kappa shape index (κ2) is 5.43. The molecule has 1 aromatic heterocycles. The molecule has 2 aromatic rings. The fourth-order valence-electron chi connectivity index (χ4n) is 2.02. The van der Waals surface area contributed by atoms with Crippen LogP contribution in [0.4, 0.5) is 11.4 Å². The van der Waals surface area contributed by atoms with Gasteiger partial charge in [-0.05, 0) is 30.5 Å². The molecule has 0 spiro atoms. The number of hydrogen-bond donors (Lipinski definition) is 2. The first-order chi connectivity index (χ1) is 9.32. The Morgan fingerprint density at radius 3 is 2.50 bits per heavy atom.